The fourth-order valence-corrected chi connectivity index (χ4v) is 4.70. The third kappa shape index (κ3) is 5.48. The molecule has 0 aliphatic rings. The van der Waals surface area contributed by atoms with E-state index in [1.807, 2.05) is 0 Å². The zero-order valence-corrected chi connectivity index (χ0v) is 21.6. The van der Waals surface area contributed by atoms with Crippen LogP contribution in [-0.4, -0.2) is 43.2 Å². The average molecular weight is 594 g/mol. The van der Waals surface area contributed by atoms with E-state index in [9.17, 15) is 18.4 Å². The van der Waals surface area contributed by atoms with Crippen LogP contribution in [0.15, 0.2) is 67.4 Å². The van der Waals surface area contributed by atoms with Crippen LogP contribution in [0.2, 0.25) is 10.0 Å². The Morgan fingerprint density at radius 3 is 2.52 bits per heavy atom. The average Bonchev–Trinajstić information content (AvgIpc) is 3.61. The Bertz CT molecular complexity index is 1630. The molecule has 2 aromatic carbocycles. The lowest BCUT2D eigenvalue weighted by Gasteiger charge is -2.18. The Morgan fingerprint density at radius 1 is 1.00 bits per heavy atom. The van der Waals surface area contributed by atoms with E-state index in [4.69, 9.17) is 23.2 Å². The van der Waals surface area contributed by atoms with E-state index in [1.165, 1.54) is 70.5 Å². The number of ether oxygens (including phenoxy) is 1. The zero-order valence-electron chi connectivity index (χ0n) is 20.1. The molecule has 9 nitrogen and oxygen atoms in total. The van der Waals surface area contributed by atoms with Crippen LogP contribution in [-0.2, 0) is 4.74 Å². The second-order valence-electron chi connectivity index (χ2n) is 8.42. The van der Waals surface area contributed by atoms with Crippen molar-refractivity contribution in [3.05, 3.63) is 100.0 Å². The van der Waals surface area contributed by atoms with Crippen molar-refractivity contribution in [1.82, 2.24) is 30.0 Å². The molecule has 0 spiro atoms. The van der Waals surface area contributed by atoms with Crippen LogP contribution in [0.25, 0.3) is 27.9 Å². The maximum atomic E-state index is 15.2. The van der Waals surface area contributed by atoms with Crippen molar-refractivity contribution in [3.63, 3.8) is 0 Å². The summed E-state index contributed by atoms with van der Waals surface area (Å²) in [5, 5.41) is 28.4. The molecule has 15 heteroatoms. The number of aromatic nitrogens is 7. The summed E-state index contributed by atoms with van der Waals surface area (Å²) in [6.07, 6.45) is 5.05. The number of rotatable bonds is 9. The fraction of sp³-hybridized carbons (Fsp3) is 0.160. The molecule has 5 aromatic rings. The molecule has 3 aromatic heterocycles. The van der Waals surface area contributed by atoms with Gasteiger partial charge in [0, 0.05) is 29.8 Å². The van der Waals surface area contributed by atoms with E-state index in [0.717, 1.165) is 6.20 Å². The molecule has 0 unspecified atom stereocenters. The lowest BCUT2D eigenvalue weighted by molar-refractivity contribution is -0.615. The van der Waals surface area contributed by atoms with Crippen molar-refractivity contribution in [2.24, 2.45) is 0 Å². The summed E-state index contributed by atoms with van der Waals surface area (Å²) in [4.78, 5) is 0. The van der Waals surface area contributed by atoms with Crippen molar-refractivity contribution in [2.45, 2.75) is 19.1 Å². The highest BCUT2D eigenvalue weighted by Crippen LogP contribution is 2.34. The number of benzene rings is 2. The Balaban J connectivity index is 1.56. The lowest BCUT2D eigenvalue weighted by Crippen LogP contribution is -2.36. The van der Waals surface area contributed by atoms with Crippen LogP contribution in [0.5, 0.6) is 0 Å². The first-order valence-electron chi connectivity index (χ1n) is 11.6. The van der Waals surface area contributed by atoms with Crippen LogP contribution in [0.3, 0.4) is 0 Å². The van der Waals surface area contributed by atoms with Crippen LogP contribution < -0.4 is 4.73 Å². The van der Waals surface area contributed by atoms with Gasteiger partial charge < -0.3 is 9.94 Å². The lowest BCUT2D eigenvalue weighted by atomic mass is 10.0. The van der Waals surface area contributed by atoms with Gasteiger partial charge in [-0.2, -0.15) is 23.3 Å². The van der Waals surface area contributed by atoms with Crippen molar-refractivity contribution in [2.75, 3.05) is 6.61 Å². The quantitative estimate of drug-likeness (QED) is 0.125. The van der Waals surface area contributed by atoms with Crippen LogP contribution in [0.1, 0.15) is 18.2 Å². The first kappa shape index (κ1) is 27.5. The van der Waals surface area contributed by atoms with Gasteiger partial charge in [0.15, 0.2) is 12.0 Å². The summed E-state index contributed by atoms with van der Waals surface area (Å²) in [5.41, 5.74) is 0.802. The number of hydrogen-bond donors (Lipinski definition) is 0. The minimum absolute atomic E-state index is 0.0379. The Morgan fingerprint density at radius 2 is 1.82 bits per heavy atom. The third-order valence-electron chi connectivity index (χ3n) is 6.05. The maximum absolute atomic E-state index is 15.2. The zero-order chi connectivity index (χ0) is 28.4. The molecule has 3 heterocycles. The van der Waals surface area contributed by atoms with Crippen molar-refractivity contribution < 1.29 is 27.0 Å². The van der Waals surface area contributed by atoms with E-state index in [-0.39, 0.29) is 44.5 Å². The van der Waals surface area contributed by atoms with Crippen molar-refractivity contribution >= 4 is 23.2 Å². The summed E-state index contributed by atoms with van der Waals surface area (Å²) in [6, 6.07) is 8.95. The molecule has 0 saturated heterocycles. The van der Waals surface area contributed by atoms with Gasteiger partial charge >= 0.3 is 6.61 Å². The van der Waals surface area contributed by atoms with E-state index >= 15 is 4.39 Å². The van der Waals surface area contributed by atoms with Gasteiger partial charge in [0.2, 0.25) is 5.69 Å². The van der Waals surface area contributed by atoms with Crippen LogP contribution >= 0.6 is 23.2 Å². The molecule has 0 amide bonds. The third-order valence-corrected chi connectivity index (χ3v) is 6.66. The molecule has 206 valence electrons. The Kier molecular flexibility index (Phi) is 7.96. The number of hydrogen-bond acceptors (Lipinski definition) is 6. The number of nitrogens with zero attached hydrogens (tertiary/aromatic N) is 7. The summed E-state index contributed by atoms with van der Waals surface area (Å²) >= 11 is 12.2. The molecule has 0 fully saturated rings. The summed E-state index contributed by atoms with van der Waals surface area (Å²) in [5.74, 6) is -1.39. The van der Waals surface area contributed by atoms with Crippen molar-refractivity contribution in [1.29, 1.82) is 0 Å². The fourth-order valence-electron chi connectivity index (χ4n) is 4.27. The molecule has 0 aliphatic heterocycles. The molecule has 0 radical (unpaired) electrons. The van der Waals surface area contributed by atoms with Gasteiger partial charge in [-0.25, -0.2) is 8.78 Å². The molecule has 0 N–H and O–H groups in total. The SMILES string of the molecule is [O-][n+]1cc(-c2c(-n3cnnn3)ccc(Cl)c2F)ccc1[C@H](CCOC(F)F)n1cc(-c2c(F)cccc2Cl)cn1. The highest BCUT2D eigenvalue weighted by molar-refractivity contribution is 6.33. The monoisotopic (exact) mass is 593 g/mol. The summed E-state index contributed by atoms with van der Waals surface area (Å²) in [7, 11) is 0. The van der Waals surface area contributed by atoms with E-state index in [2.05, 4.69) is 25.4 Å². The normalized spacial score (nSPS) is 12.3. The van der Waals surface area contributed by atoms with Gasteiger partial charge in [-0.3, -0.25) is 4.68 Å². The van der Waals surface area contributed by atoms with Gasteiger partial charge in [-0.15, -0.1) is 5.10 Å². The summed E-state index contributed by atoms with van der Waals surface area (Å²) in [6.45, 7) is -3.45. The highest BCUT2D eigenvalue weighted by Gasteiger charge is 2.27. The van der Waals surface area contributed by atoms with Gasteiger partial charge in [-0.1, -0.05) is 29.3 Å². The molecule has 0 bridgehead atoms. The number of alkyl halides is 2. The number of halogens is 6. The standard InChI is InChI=1S/C25H17Cl2F4N7O2/c26-16-2-1-3-18(28)22(16)15-10-33-36(11-15)19(8-9-40-25(30)31)20-6-4-14(12-38(20)39)23-21(37-13-32-34-35-37)7-5-17(27)24(23)29/h1-7,10-13,19,25H,8-9H2/t19-/m0/s1. The second kappa shape index (κ2) is 11.6. The molecule has 0 saturated carbocycles. The highest BCUT2D eigenvalue weighted by atomic mass is 35.5. The van der Waals surface area contributed by atoms with Crippen molar-refractivity contribution in [3.8, 4) is 27.9 Å². The van der Waals surface area contributed by atoms with E-state index in [0.29, 0.717) is 10.3 Å². The minimum Gasteiger partial charge on any atom is -0.618 e. The van der Waals surface area contributed by atoms with E-state index < -0.39 is 30.9 Å². The van der Waals surface area contributed by atoms with Gasteiger partial charge in [0.05, 0.1) is 39.7 Å². The molecular weight excluding hydrogens is 577 g/mol. The largest absolute Gasteiger partial charge is 0.618 e. The molecule has 0 aliphatic carbocycles. The second-order valence-corrected chi connectivity index (χ2v) is 9.23. The first-order chi connectivity index (χ1) is 19.2. The summed E-state index contributed by atoms with van der Waals surface area (Å²) < 4.78 is 62.5. The number of tetrazole rings is 1. The van der Waals surface area contributed by atoms with Gasteiger partial charge in [0.25, 0.3) is 0 Å². The number of pyridine rings is 1. The maximum Gasteiger partial charge on any atom is 0.345 e. The van der Waals surface area contributed by atoms with Crippen LogP contribution in [0.4, 0.5) is 17.6 Å². The predicted molar refractivity (Wildman–Crippen MR) is 136 cm³/mol. The molecule has 1 atom stereocenters. The molecule has 40 heavy (non-hydrogen) atoms. The van der Waals surface area contributed by atoms with Crippen LogP contribution in [0, 0.1) is 16.8 Å². The first-order valence-corrected chi connectivity index (χ1v) is 12.3. The predicted octanol–water partition coefficient (Wildman–Crippen LogP) is 5.63. The molecular formula is C25H17Cl2F4N7O2. The topological polar surface area (TPSA) is 97.6 Å². The molecule has 5 rings (SSSR count). The smallest absolute Gasteiger partial charge is 0.345 e. The van der Waals surface area contributed by atoms with Gasteiger partial charge in [0.1, 0.15) is 18.2 Å². The van der Waals surface area contributed by atoms with Gasteiger partial charge in [-0.05, 0) is 40.8 Å². The Labute approximate surface area is 233 Å². The Hall–Kier alpha value is -4.07. The van der Waals surface area contributed by atoms with E-state index in [1.54, 1.807) is 0 Å². The minimum atomic E-state index is -3.02.